The highest BCUT2D eigenvalue weighted by Crippen LogP contribution is 2.30. The van der Waals surface area contributed by atoms with Crippen molar-refractivity contribution >= 4 is 11.8 Å². The smallest absolute Gasteiger partial charge is 0.196 e. The Labute approximate surface area is 157 Å². The van der Waals surface area contributed by atoms with E-state index >= 15 is 0 Å². The van der Waals surface area contributed by atoms with Crippen molar-refractivity contribution in [3.63, 3.8) is 0 Å². The van der Waals surface area contributed by atoms with Gasteiger partial charge < -0.3 is 0 Å². The molecule has 0 bridgehead atoms. The van der Waals surface area contributed by atoms with E-state index in [0.717, 1.165) is 28.0 Å². The Morgan fingerprint density at radius 1 is 0.885 bits per heavy atom. The Morgan fingerprint density at radius 2 is 1.69 bits per heavy atom. The molecule has 0 saturated carbocycles. The second-order valence-electron chi connectivity index (χ2n) is 5.94. The van der Waals surface area contributed by atoms with Crippen molar-refractivity contribution in [2.45, 2.75) is 17.8 Å². The van der Waals surface area contributed by atoms with Gasteiger partial charge in [-0.3, -0.25) is 9.55 Å². The van der Waals surface area contributed by atoms with Crippen LogP contribution < -0.4 is 0 Å². The summed E-state index contributed by atoms with van der Waals surface area (Å²) in [5.41, 5.74) is 4.49. The standard InChI is InChI=1S/C21H18N4S/c1-16-8-5-6-12-19(16)25-20(18-11-7-13-22-14-18)23-24-21(25)26-15-17-9-3-2-4-10-17/h2-14H,15H2,1H3. The molecule has 2 heterocycles. The molecule has 0 amide bonds. The SMILES string of the molecule is Cc1ccccc1-n1c(SCc2ccccc2)nnc1-c1cccnc1. The van der Waals surface area contributed by atoms with Crippen LogP contribution in [-0.4, -0.2) is 19.7 Å². The summed E-state index contributed by atoms with van der Waals surface area (Å²) < 4.78 is 2.12. The molecule has 0 atom stereocenters. The average Bonchev–Trinajstić information content (AvgIpc) is 3.12. The van der Waals surface area contributed by atoms with Crippen molar-refractivity contribution in [1.82, 2.24) is 19.7 Å². The highest BCUT2D eigenvalue weighted by atomic mass is 32.2. The molecule has 4 nitrogen and oxygen atoms in total. The minimum Gasteiger partial charge on any atom is -0.270 e. The quantitative estimate of drug-likeness (QED) is 0.475. The number of pyridine rings is 1. The second kappa shape index (κ2) is 7.54. The van der Waals surface area contributed by atoms with Gasteiger partial charge in [0.2, 0.25) is 0 Å². The molecule has 0 radical (unpaired) electrons. The van der Waals surface area contributed by atoms with E-state index < -0.39 is 0 Å². The molecular formula is C21H18N4S. The Hall–Kier alpha value is -2.92. The van der Waals surface area contributed by atoms with E-state index in [1.54, 1.807) is 18.0 Å². The Bertz CT molecular complexity index is 997. The van der Waals surface area contributed by atoms with E-state index in [9.17, 15) is 0 Å². The van der Waals surface area contributed by atoms with Gasteiger partial charge in [0.25, 0.3) is 0 Å². The van der Waals surface area contributed by atoms with Crippen molar-refractivity contribution < 1.29 is 0 Å². The lowest BCUT2D eigenvalue weighted by Gasteiger charge is -2.12. The minimum atomic E-state index is 0.808. The number of aromatic nitrogens is 4. The van der Waals surface area contributed by atoms with E-state index in [0.29, 0.717) is 0 Å². The van der Waals surface area contributed by atoms with Crippen LogP contribution in [0.4, 0.5) is 0 Å². The van der Waals surface area contributed by atoms with Gasteiger partial charge in [0.05, 0.1) is 5.69 Å². The normalized spacial score (nSPS) is 10.8. The summed E-state index contributed by atoms with van der Waals surface area (Å²) in [5, 5.41) is 9.82. The molecule has 0 aliphatic heterocycles. The molecule has 128 valence electrons. The summed E-state index contributed by atoms with van der Waals surface area (Å²) in [4.78, 5) is 4.23. The fourth-order valence-corrected chi connectivity index (χ4v) is 3.70. The summed E-state index contributed by atoms with van der Waals surface area (Å²) >= 11 is 1.69. The van der Waals surface area contributed by atoms with Crippen LogP contribution in [0.3, 0.4) is 0 Å². The van der Waals surface area contributed by atoms with E-state index in [-0.39, 0.29) is 0 Å². The van der Waals surface area contributed by atoms with Gasteiger partial charge in [0.15, 0.2) is 11.0 Å². The van der Waals surface area contributed by atoms with Gasteiger partial charge in [0.1, 0.15) is 0 Å². The molecular weight excluding hydrogens is 340 g/mol. The number of nitrogens with zero attached hydrogens (tertiary/aromatic N) is 4. The number of rotatable bonds is 5. The second-order valence-corrected chi connectivity index (χ2v) is 6.89. The lowest BCUT2D eigenvalue weighted by Crippen LogP contribution is -2.02. The molecule has 0 aliphatic carbocycles. The molecule has 0 fully saturated rings. The molecule has 4 aromatic rings. The summed E-state index contributed by atoms with van der Waals surface area (Å²) in [5.74, 6) is 1.65. The Balaban J connectivity index is 1.77. The summed E-state index contributed by atoms with van der Waals surface area (Å²) in [6.07, 6.45) is 3.59. The first-order chi connectivity index (χ1) is 12.8. The molecule has 26 heavy (non-hydrogen) atoms. The predicted octanol–water partition coefficient (Wildman–Crippen LogP) is 4.93. The largest absolute Gasteiger partial charge is 0.270 e. The zero-order valence-corrected chi connectivity index (χ0v) is 15.2. The number of para-hydroxylation sites is 1. The zero-order valence-electron chi connectivity index (χ0n) is 14.4. The third-order valence-electron chi connectivity index (χ3n) is 4.12. The molecule has 0 N–H and O–H groups in total. The van der Waals surface area contributed by atoms with E-state index in [1.807, 2.05) is 36.5 Å². The topological polar surface area (TPSA) is 43.6 Å². The van der Waals surface area contributed by atoms with Crippen LogP contribution >= 0.6 is 11.8 Å². The van der Waals surface area contributed by atoms with Crippen molar-refractivity contribution in [1.29, 1.82) is 0 Å². The number of benzene rings is 2. The minimum absolute atomic E-state index is 0.808. The van der Waals surface area contributed by atoms with Gasteiger partial charge in [-0.15, -0.1) is 10.2 Å². The number of thioether (sulfide) groups is 1. The summed E-state index contributed by atoms with van der Waals surface area (Å²) in [6, 6.07) is 22.6. The van der Waals surface area contributed by atoms with Gasteiger partial charge >= 0.3 is 0 Å². The maximum atomic E-state index is 4.47. The van der Waals surface area contributed by atoms with E-state index in [2.05, 4.69) is 63.1 Å². The third kappa shape index (κ3) is 3.39. The Kier molecular flexibility index (Phi) is 4.80. The molecule has 4 rings (SSSR count). The first-order valence-electron chi connectivity index (χ1n) is 8.41. The van der Waals surface area contributed by atoms with E-state index in [4.69, 9.17) is 0 Å². The monoisotopic (exact) mass is 358 g/mol. The molecule has 2 aromatic carbocycles. The molecule has 2 aromatic heterocycles. The van der Waals surface area contributed by atoms with Crippen LogP contribution in [0.15, 0.2) is 84.3 Å². The lowest BCUT2D eigenvalue weighted by atomic mass is 10.2. The molecule has 0 unspecified atom stereocenters. The maximum absolute atomic E-state index is 4.47. The van der Waals surface area contributed by atoms with Crippen molar-refractivity contribution in [2.24, 2.45) is 0 Å². The number of hydrogen-bond donors (Lipinski definition) is 0. The predicted molar refractivity (Wildman–Crippen MR) is 105 cm³/mol. The average molecular weight is 358 g/mol. The number of aryl methyl sites for hydroxylation is 1. The first kappa shape index (κ1) is 16.5. The van der Waals surface area contributed by atoms with Gasteiger partial charge in [-0.2, -0.15) is 0 Å². The van der Waals surface area contributed by atoms with Crippen LogP contribution in [0.5, 0.6) is 0 Å². The third-order valence-corrected chi connectivity index (χ3v) is 5.12. The lowest BCUT2D eigenvalue weighted by molar-refractivity contribution is 0.880. The molecule has 0 spiro atoms. The molecule has 5 heteroatoms. The van der Waals surface area contributed by atoms with E-state index in [1.165, 1.54) is 11.1 Å². The van der Waals surface area contributed by atoms with Crippen LogP contribution in [-0.2, 0) is 5.75 Å². The van der Waals surface area contributed by atoms with Crippen molar-refractivity contribution in [3.05, 3.63) is 90.3 Å². The highest BCUT2D eigenvalue weighted by molar-refractivity contribution is 7.98. The van der Waals surface area contributed by atoms with Crippen LogP contribution in [0.2, 0.25) is 0 Å². The van der Waals surface area contributed by atoms with Crippen LogP contribution in [0.1, 0.15) is 11.1 Å². The molecule has 0 saturated heterocycles. The zero-order chi connectivity index (χ0) is 17.8. The van der Waals surface area contributed by atoms with Gasteiger partial charge in [-0.25, -0.2) is 0 Å². The molecule has 0 aliphatic rings. The van der Waals surface area contributed by atoms with Crippen molar-refractivity contribution in [3.8, 4) is 17.1 Å². The summed E-state index contributed by atoms with van der Waals surface area (Å²) in [7, 11) is 0. The maximum Gasteiger partial charge on any atom is 0.196 e. The highest BCUT2D eigenvalue weighted by Gasteiger charge is 2.17. The fraction of sp³-hybridized carbons (Fsp3) is 0.0952. The van der Waals surface area contributed by atoms with Gasteiger partial charge in [0, 0.05) is 23.7 Å². The fourth-order valence-electron chi connectivity index (χ4n) is 2.80. The first-order valence-corrected chi connectivity index (χ1v) is 9.40. The van der Waals surface area contributed by atoms with Crippen LogP contribution in [0.25, 0.3) is 17.1 Å². The van der Waals surface area contributed by atoms with Crippen LogP contribution in [0, 0.1) is 6.92 Å². The summed E-state index contributed by atoms with van der Waals surface area (Å²) in [6.45, 7) is 2.11. The van der Waals surface area contributed by atoms with Crippen molar-refractivity contribution in [2.75, 3.05) is 0 Å². The number of hydrogen-bond acceptors (Lipinski definition) is 4. The van der Waals surface area contributed by atoms with Gasteiger partial charge in [-0.05, 0) is 36.2 Å². The Morgan fingerprint density at radius 3 is 2.46 bits per heavy atom. The van der Waals surface area contributed by atoms with Gasteiger partial charge in [-0.1, -0.05) is 60.3 Å².